The molecule has 1 atom stereocenters. The summed E-state index contributed by atoms with van der Waals surface area (Å²) < 4.78 is 44.3. The quantitative estimate of drug-likeness (QED) is 0.217. The lowest BCUT2D eigenvalue weighted by Crippen LogP contribution is -2.16. The van der Waals surface area contributed by atoms with Gasteiger partial charge in [0.1, 0.15) is 12.4 Å². The van der Waals surface area contributed by atoms with Gasteiger partial charge in [0, 0.05) is 11.7 Å². The number of benzene rings is 2. The number of nitrogens with one attached hydrogen (secondary N) is 3. The first-order valence-corrected chi connectivity index (χ1v) is 12.3. The Balaban J connectivity index is 1.33. The number of carboxylic acids is 1. The fourth-order valence-corrected chi connectivity index (χ4v) is 3.60. The van der Waals surface area contributed by atoms with Crippen LogP contribution >= 0.6 is 0 Å². The number of hydrogen-bond donors (Lipinski definition) is 4. The van der Waals surface area contributed by atoms with Gasteiger partial charge in [0.25, 0.3) is 0 Å². The molecule has 3 aromatic rings. The van der Waals surface area contributed by atoms with E-state index < -0.39 is 23.6 Å². The summed E-state index contributed by atoms with van der Waals surface area (Å²) >= 11 is 0. The Bertz CT molecular complexity index is 1220. The molecule has 0 amide bonds. The molecule has 0 spiro atoms. The Morgan fingerprint density at radius 3 is 2.29 bits per heavy atom. The number of alkyl halides is 3. The van der Waals surface area contributed by atoms with Crippen LogP contribution in [0.2, 0.25) is 0 Å². The minimum absolute atomic E-state index is 0.189. The Kier molecular flexibility index (Phi) is 8.49. The SMILES string of the molecule is CCC(Cc1ccc(OCCNc2nc(Nc3ccc(C(F)(F)F)cc3)nc(NC3CC3)n2)cc1)C(=O)O. The first-order chi connectivity index (χ1) is 18.2. The van der Waals surface area contributed by atoms with Gasteiger partial charge >= 0.3 is 12.1 Å². The first kappa shape index (κ1) is 27.0. The van der Waals surface area contributed by atoms with E-state index in [1.54, 1.807) is 12.1 Å². The molecule has 0 saturated heterocycles. The fraction of sp³-hybridized carbons (Fsp3) is 0.385. The van der Waals surface area contributed by atoms with E-state index in [9.17, 15) is 23.1 Å². The standard InChI is InChI=1S/C26H29F3N6O3/c1-2-17(22(36)37)15-16-3-11-21(12-4-16)38-14-13-30-23-33-24(35-25(34-23)32-20-9-10-20)31-19-7-5-18(6-8-19)26(27,28)29/h3-8,11-12,17,20H,2,9-10,13-15H2,1H3,(H,36,37)(H3,30,31,32,33,34,35). The van der Waals surface area contributed by atoms with Crippen LogP contribution in [0.4, 0.5) is 36.7 Å². The average Bonchev–Trinajstić information content (AvgIpc) is 3.69. The van der Waals surface area contributed by atoms with Crippen molar-refractivity contribution in [1.82, 2.24) is 15.0 Å². The highest BCUT2D eigenvalue weighted by molar-refractivity contribution is 5.70. The molecule has 1 saturated carbocycles. The Labute approximate surface area is 217 Å². The van der Waals surface area contributed by atoms with Gasteiger partial charge in [-0.1, -0.05) is 19.1 Å². The molecule has 12 heteroatoms. The molecule has 1 heterocycles. The maximum absolute atomic E-state index is 12.8. The van der Waals surface area contributed by atoms with Crippen LogP contribution in [0.15, 0.2) is 48.5 Å². The van der Waals surface area contributed by atoms with Crippen LogP contribution < -0.4 is 20.7 Å². The third-order valence-electron chi connectivity index (χ3n) is 5.92. The van der Waals surface area contributed by atoms with Crippen molar-refractivity contribution in [3.05, 3.63) is 59.7 Å². The largest absolute Gasteiger partial charge is 0.492 e. The molecule has 202 valence electrons. The van der Waals surface area contributed by atoms with Gasteiger partial charge in [-0.2, -0.15) is 28.1 Å². The molecule has 1 aliphatic carbocycles. The highest BCUT2D eigenvalue weighted by atomic mass is 19.4. The van der Waals surface area contributed by atoms with E-state index in [2.05, 4.69) is 30.9 Å². The van der Waals surface area contributed by atoms with Crippen LogP contribution in [0.5, 0.6) is 5.75 Å². The summed E-state index contributed by atoms with van der Waals surface area (Å²) in [7, 11) is 0. The summed E-state index contributed by atoms with van der Waals surface area (Å²) in [5, 5.41) is 18.4. The monoisotopic (exact) mass is 530 g/mol. The molecule has 0 bridgehead atoms. The van der Waals surface area contributed by atoms with Crippen molar-refractivity contribution >= 4 is 29.5 Å². The van der Waals surface area contributed by atoms with Crippen LogP contribution in [0.25, 0.3) is 0 Å². The average molecular weight is 531 g/mol. The Morgan fingerprint density at radius 2 is 1.68 bits per heavy atom. The van der Waals surface area contributed by atoms with Gasteiger partial charge in [-0.25, -0.2) is 0 Å². The number of rotatable bonds is 13. The summed E-state index contributed by atoms with van der Waals surface area (Å²) in [6.07, 6.45) is -1.36. The van der Waals surface area contributed by atoms with E-state index in [0.29, 0.717) is 49.4 Å². The van der Waals surface area contributed by atoms with Crippen LogP contribution in [0.3, 0.4) is 0 Å². The lowest BCUT2D eigenvalue weighted by atomic mass is 9.97. The van der Waals surface area contributed by atoms with Crippen molar-refractivity contribution in [2.24, 2.45) is 5.92 Å². The molecule has 4 N–H and O–H groups in total. The van der Waals surface area contributed by atoms with E-state index in [1.165, 1.54) is 12.1 Å². The van der Waals surface area contributed by atoms with Gasteiger partial charge in [-0.15, -0.1) is 0 Å². The Hall–Kier alpha value is -4.09. The minimum Gasteiger partial charge on any atom is -0.492 e. The van der Waals surface area contributed by atoms with E-state index in [1.807, 2.05) is 19.1 Å². The zero-order chi connectivity index (χ0) is 27.1. The molecule has 0 aliphatic heterocycles. The normalized spacial score (nSPS) is 14.0. The second-order valence-corrected chi connectivity index (χ2v) is 8.99. The van der Waals surface area contributed by atoms with Crippen molar-refractivity contribution in [2.45, 2.75) is 44.8 Å². The highest BCUT2D eigenvalue weighted by Gasteiger charge is 2.30. The van der Waals surface area contributed by atoms with Gasteiger partial charge in [-0.05, 0) is 67.6 Å². The maximum atomic E-state index is 12.8. The number of nitrogens with zero attached hydrogens (tertiary/aromatic N) is 3. The molecule has 1 aliphatic rings. The summed E-state index contributed by atoms with van der Waals surface area (Å²) in [6.45, 7) is 2.55. The van der Waals surface area contributed by atoms with Crippen molar-refractivity contribution in [1.29, 1.82) is 0 Å². The molecular formula is C26H29F3N6O3. The predicted molar refractivity (Wildman–Crippen MR) is 137 cm³/mol. The number of aliphatic carboxylic acids is 1. The lowest BCUT2D eigenvalue weighted by molar-refractivity contribution is -0.141. The lowest BCUT2D eigenvalue weighted by Gasteiger charge is -2.13. The second kappa shape index (κ2) is 12.0. The van der Waals surface area contributed by atoms with Crippen LogP contribution in [-0.2, 0) is 17.4 Å². The summed E-state index contributed by atoms with van der Waals surface area (Å²) in [6, 6.07) is 12.2. The van der Waals surface area contributed by atoms with Crippen LogP contribution in [0.1, 0.15) is 37.3 Å². The van der Waals surface area contributed by atoms with Gasteiger partial charge in [-0.3, -0.25) is 4.79 Å². The number of halogens is 3. The smallest absolute Gasteiger partial charge is 0.416 e. The van der Waals surface area contributed by atoms with Crippen LogP contribution in [-0.4, -0.2) is 45.2 Å². The summed E-state index contributed by atoms with van der Waals surface area (Å²) in [5.74, 6) is 0.275. The Morgan fingerprint density at radius 1 is 1.03 bits per heavy atom. The number of ether oxygens (including phenoxy) is 1. The molecule has 0 radical (unpaired) electrons. The van der Waals surface area contributed by atoms with E-state index in [-0.39, 0.29) is 11.9 Å². The van der Waals surface area contributed by atoms with Crippen molar-refractivity contribution in [3.63, 3.8) is 0 Å². The number of anilines is 4. The third-order valence-corrected chi connectivity index (χ3v) is 5.92. The number of hydrogen-bond acceptors (Lipinski definition) is 8. The zero-order valence-electron chi connectivity index (χ0n) is 20.8. The third kappa shape index (κ3) is 7.95. The van der Waals surface area contributed by atoms with E-state index >= 15 is 0 Å². The maximum Gasteiger partial charge on any atom is 0.416 e. The molecule has 4 rings (SSSR count). The number of carbonyl (C=O) groups is 1. The molecule has 1 aromatic heterocycles. The fourth-order valence-electron chi connectivity index (χ4n) is 3.60. The van der Waals surface area contributed by atoms with Gasteiger partial charge < -0.3 is 25.8 Å². The van der Waals surface area contributed by atoms with Crippen molar-refractivity contribution in [3.8, 4) is 5.75 Å². The molecule has 1 fully saturated rings. The summed E-state index contributed by atoms with van der Waals surface area (Å²) in [5.41, 5.74) is 0.601. The van der Waals surface area contributed by atoms with Crippen LogP contribution in [0, 0.1) is 5.92 Å². The first-order valence-electron chi connectivity index (χ1n) is 12.3. The summed E-state index contributed by atoms with van der Waals surface area (Å²) in [4.78, 5) is 24.3. The minimum atomic E-state index is -4.41. The van der Waals surface area contributed by atoms with Gasteiger partial charge in [0.15, 0.2) is 0 Å². The second-order valence-electron chi connectivity index (χ2n) is 8.99. The molecule has 38 heavy (non-hydrogen) atoms. The van der Waals surface area contributed by atoms with Crippen molar-refractivity contribution < 1.29 is 27.8 Å². The van der Waals surface area contributed by atoms with Crippen molar-refractivity contribution in [2.75, 3.05) is 29.1 Å². The zero-order valence-corrected chi connectivity index (χ0v) is 20.8. The molecular weight excluding hydrogens is 501 g/mol. The number of carboxylic acid groups (broad SMARTS) is 1. The molecule has 1 unspecified atom stereocenters. The highest BCUT2D eigenvalue weighted by Crippen LogP contribution is 2.30. The molecule has 9 nitrogen and oxygen atoms in total. The van der Waals surface area contributed by atoms with E-state index in [0.717, 1.165) is 30.5 Å². The van der Waals surface area contributed by atoms with E-state index in [4.69, 9.17) is 4.74 Å². The van der Waals surface area contributed by atoms with Gasteiger partial charge in [0.05, 0.1) is 18.0 Å². The molecule has 2 aromatic carbocycles. The topological polar surface area (TPSA) is 121 Å². The number of aromatic nitrogens is 3. The predicted octanol–water partition coefficient (Wildman–Crippen LogP) is 5.35. The van der Waals surface area contributed by atoms with Gasteiger partial charge in [0.2, 0.25) is 17.8 Å².